The quantitative estimate of drug-likeness (QED) is 0.455. The molecule has 0 bridgehead atoms. The highest BCUT2D eigenvalue weighted by atomic mass is 35.5. The summed E-state index contributed by atoms with van der Waals surface area (Å²) in [5.74, 6) is 0. The van der Waals surface area contributed by atoms with E-state index in [0.717, 1.165) is 11.1 Å². The van der Waals surface area contributed by atoms with E-state index in [4.69, 9.17) is 11.6 Å². The normalized spacial score (nSPS) is 13.0. The fourth-order valence-electron chi connectivity index (χ4n) is 3.46. The molecule has 5 heteroatoms. The number of halogens is 1. The van der Waals surface area contributed by atoms with Gasteiger partial charge in [0, 0.05) is 16.4 Å². The summed E-state index contributed by atoms with van der Waals surface area (Å²) in [7, 11) is -4.19. The number of benzene rings is 3. The molecule has 0 aromatic heterocycles. The number of rotatable bonds is 5. The van der Waals surface area contributed by atoms with E-state index in [0.29, 0.717) is 16.7 Å². The molecule has 0 fully saturated rings. The van der Waals surface area contributed by atoms with Gasteiger partial charge in [0.1, 0.15) is 0 Å². The van der Waals surface area contributed by atoms with Crippen LogP contribution in [0.4, 0.5) is 0 Å². The van der Waals surface area contributed by atoms with Crippen LogP contribution in [-0.4, -0.2) is 11.0 Å². The van der Waals surface area contributed by atoms with E-state index in [9.17, 15) is 14.2 Å². The summed E-state index contributed by atoms with van der Waals surface area (Å²) in [6.45, 7) is 7.22. The van der Waals surface area contributed by atoms with Crippen molar-refractivity contribution < 1.29 is 14.2 Å². The van der Waals surface area contributed by atoms with Crippen molar-refractivity contribution in [1.82, 2.24) is 0 Å². The number of hydrogen-bond donors (Lipinski definition) is 0. The summed E-state index contributed by atoms with van der Waals surface area (Å²) in [6, 6.07) is 17.0. The zero-order valence-electron chi connectivity index (χ0n) is 16.8. The Balaban J connectivity index is 2.33. The molecule has 148 valence electrons. The van der Waals surface area contributed by atoms with Crippen molar-refractivity contribution in [3.05, 3.63) is 99.1 Å². The van der Waals surface area contributed by atoms with Crippen LogP contribution in [0.3, 0.4) is 0 Å². The van der Waals surface area contributed by atoms with Crippen molar-refractivity contribution in [2.24, 2.45) is 0 Å². The molecule has 0 aliphatic heterocycles. The van der Waals surface area contributed by atoms with Gasteiger partial charge in [-0.15, -0.1) is 0 Å². The average molecular weight is 425 g/mol. The second kappa shape index (κ2) is 8.10. The minimum absolute atomic E-state index is 0.137. The summed E-state index contributed by atoms with van der Waals surface area (Å²) in [4.78, 5) is 27.4. The van der Waals surface area contributed by atoms with Crippen LogP contribution in [0.5, 0.6) is 0 Å². The van der Waals surface area contributed by atoms with Crippen molar-refractivity contribution >= 4 is 35.1 Å². The van der Waals surface area contributed by atoms with Crippen molar-refractivity contribution in [2.45, 2.75) is 27.7 Å². The average Bonchev–Trinajstić information content (AvgIpc) is 2.70. The minimum atomic E-state index is -4.19. The van der Waals surface area contributed by atoms with E-state index in [1.807, 2.05) is 26.0 Å². The van der Waals surface area contributed by atoms with E-state index in [-0.39, 0.29) is 15.9 Å². The van der Waals surface area contributed by atoms with Gasteiger partial charge in [-0.1, -0.05) is 66.2 Å². The predicted molar refractivity (Wildman–Crippen MR) is 119 cm³/mol. The topological polar surface area (TPSA) is 51.2 Å². The van der Waals surface area contributed by atoms with Gasteiger partial charge >= 0.3 is 0 Å². The van der Waals surface area contributed by atoms with Crippen molar-refractivity contribution in [3.8, 4) is 0 Å². The van der Waals surface area contributed by atoms with E-state index in [1.165, 1.54) is 0 Å². The van der Waals surface area contributed by atoms with Crippen LogP contribution in [-0.2, 0) is 4.57 Å². The van der Waals surface area contributed by atoms with Crippen LogP contribution in [0.2, 0.25) is 5.02 Å². The molecular weight excluding hydrogens is 403 g/mol. The van der Waals surface area contributed by atoms with Crippen molar-refractivity contribution in [1.29, 1.82) is 0 Å². The maximum Gasteiger partial charge on any atom is 0.248 e. The van der Waals surface area contributed by atoms with Crippen molar-refractivity contribution in [3.63, 3.8) is 0 Å². The van der Waals surface area contributed by atoms with Crippen LogP contribution >= 0.6 is 18.7 Å². The lowest BCUT2D eigenvalue weighted by molar-refractivity contribution is 0.104. The first-order valence-corrected chi connectivity index (χ1v) is 11.4. The molecule has 0 saturated carbocycles. The highest BCUT2D eigenvalue weighted by Crippen LogP contribution is 2.53. The Morgan fingerprint density at radius 1 is 0.690 bits per heavy atom. The third-order valence-electron chi connectivity index (χ3n) is 5.29. The highest BCUT2D eigenvalue weighted by molar-refractivity contribution is 8.01. The van der Waals surface area contributed by atoms with Gasteiger partial charge in [-0.2, -0.15) is 0 Å². The first-order chi connectivity index (χ1) is 13.7. The summed E-state index contributed by atoms with van der Waals surface area (Å²) in [5, 5.41) is 0.409. The van der Waals surface area contributed by atoms with Crippen LogP contribution in [0.25, 0.3) is 0 Å². The van der Waals surface area contributed by atoms with Crippen LogP contribution in [0.1, 0.15) is 43.0 Å². The Kier molecular flexibility index (Phi) is 5.93. The molecule has 29 heavy (non-hydrogen) atoms. The number of carbonyl (C=O) groups excluding carboxylic acids is 2. The second-order valence-electron chi connectivity index (χ2n) is 7.19. The Hall–Kier alpha value is -2.48. The van der Waals surface area contributed by atoms with Gasteiger partial charge < -0.3 is 4.57 Å². The smallest absolute Gasteiger partial charge is 0.248 e. The number of hydrogen-bond acceptors (Lipinski definition) is 3. The van der Waals surface area contributed by atoms with Gasteiger partial charge in [0.2, 0.25) is 18.2 Å². The van der Waals surface area contributed by atoms with Gasteiger partial charge in [-0.3, -0.25) is 9.59 Å². The van der Waals surface area contributed by atoms with E-state index < -0.39 is 18.2 Å². The molecule has 0 aliphatic rings. The van der Waals surface area contributed by atoms with E-state index >= 15 is 0 Å². The van der Waals surface area contributed by atoms with Gasteiger partial charge in [0.15, 0.2) is 0 Å². The number of aryl methyl sites for hydroxylation is 3. The maximum absolute atomic E-state index is 14.4. The van der Waals surface area contributed by atoms with Gasteiger partial charge in [-0.25, -0.2) is 0 Å². The zero-order chi connectivity index (χ0) is 21.3. The van der Waals surface area contributed by atoms with Crippen LogP contribution in [0.15, 0.2) is 60.7 Å². The Morgan fingerprint density at radius 3 is 1.86 bits per heavy atom. The molecule has 0 spiro atoms. The summed E-state index contributed by atoms with van der Waals surface area (Å²) in [6.07, 6.45) is 0. The minimum Gasteiger partial charge on any atom is -0.302 e. The van der Waals surface area contributed by atoms with Gasteiger partial charge in [-0.05, 0) is 56.0 Å². The third kappa shape index (κ3) is 3.61. The third-order valence-corrected chi connectivity index (χ3v) is 8.22. The van der Waals surface area contributed by atoms with Crippen molar-refractivity contribution in [2.75, 3.05) is 0 Å². The predicted octanol–water partition coefficient (Wildman–Crippen LogP) is 6.24. The summed E-state index contributed by atoms with van der Waals surface area (Å²) >= 11 is 6.30. The fourth-order valence-corrected chi connectivity index (χ4v) is 6.35. The molecule has 0 saturated heterocycles. The van der Waals surface area contributed by atoms with E-state index in [2.05, 4.69) is 0 Å². The fraction of sp³-hybridized carbons (Fsp3) is 0.167. The molecule has 3 nitrogen and oxygen atoms in total. The molecule has 0 heterocycles. The first-order valence-electron chi connectivity index (χ1n) is 9.27. The Bertz CT molecular complexity index is 1150. The van der Waals surface area contributed by atoms with Crippen LogP contribution < -0.4 is 5.30 Å². The largest absolute Gasteiger partial charge is 0.302 e. The lowest BCUT2D eigenvalue weighted by atomic mass is 9.99. The van der Waals surface area contributed by atoms with E-state index in [1.54, 1.807) is 62.4 Å². The SMILES string of the molecule is Cc1ccc(C)c(C(=O)P(=O)(C(=O)c2c(C)cccc2Cl)c2ccccc2)c1C. The Labute approximate surface area is 176 Å². The second-order valence-corrected chi connectivity index (χ2v) is 10.1. The zero-order valence-corrected chi connectivity index (χ0v) is 18.5. The molecule has 0 amide bonds. The molecule has 1 atom stereocenters. The number of carbonyl (C=O) groups is 2. The lowest BCUT2D eigenvalue weighted by Crippen LogP contribution is -2.22. The standard InChI is InChI=1S/C24H22ClO3P/c1-15-13-14-17(3)21(18(15)4)23(26)29(28,19-10-6-5-7-11-19)24(27)22-16(2)9-8-12-20(22)25/h5-14H,1-4H3. The molecule has 0 radical (unpaired) electrons. The first kappa shape index (κ1) is 21.2. The highest BCUT2D eigenvalue weighted by Gasteiger charge is 2.44. The van der Waals surface area contributed by atoms with Crippen LogP contribution in [0, 0.1) is 27.7 Å². The lowest BCUT2D eigenvalue weighted by Gasteiger charge is -2.21. The monoisotopic (exact) mass is 424 g/mol. The molecule has 3 aromatic carbocycles. The molecule has 3 aromatic rings. The molecule has 0 aliphatic carbocycles. The Morgan fingerprint density at radius 2 is 1.24 bits per heavy atom. The summed E-state index contributed by atoms with van der Waals surface area (Å²) < 4.78 is 14.4. The molecule has 1 unspecified atom stereocenters. The molecule has 0 N–H and O–H groups in total. The maximum atomic E-state index is 14.4. The van der Waals surface area contributed by atoms with Gasteiger partial charge in [0.25, 0.3) is 0 Å². The molecule has 3 rings (SSSR count). The molecular formula is C24H22ClO3P. The summed E-state index contributed by atoms with van der Waals surface area (Å²) in [5.41, 5.74) is 2.02. The van der Waals surface area contributed by atoms with Gasteiger partial charge in [0.05, 0.1) is 5.02 Å².